The van der Waals surface area contributed by atoms with Crippen LogP contribution in [0.5, 0.6) is 0 Å². The van der Waals surface area contributed by atoms with Crippen LogP contribution in [0.4, 0.5) is 8.78 Å². The number of hydrogen-bond acceptors (Lipinski definition) is 3. The monoisotopic (exact) mass is 390 g/mol. The molecule has 0 spiro atoms. The lowest BCUT2D eigenvalue weighted by Crippen LogP contribution is -2.51. The Hall–Kier alpha value is -2.48. The van der Waals surface area contributed by atoms with E-state index < -0.39 is 6.55 Å². The molecule has 0 aliphatic carbocycles. The van der Waals surface area contributed by atoms with E-state index in [1.807, 2.05) is 6.07 Å². The number of aliphatic imine (C=N–C) groups is 1. The molecule has 1 aliphatic heterocycles. The first-order chi connectivity index (χ1) is 13.6. The summed E-state index contributed by atoms with van der Waals surface area (Å²) in [7, 11) is 1.68. The summed E-state index contributed by atoms with van der Waals surface area (Å²) in [5, 5.41) is 6.51. The molecule has 152 valence electrons. The minimum atomic E-state index is -2.59. The van der Waals surface area contributed by atoms with Crippen LogP contribution in [0.1, 0.15) is 37.7 Å². The summed E-state index contributed by atoms with van der Waals surface area (Å²) in [5.74, 6) is 0.890. The van der Waals surface area contributed by atoms with E-state index >= 15 is 0 Å². The van der Waals surface area contributed by atoms with E-state index in [0.717, 1.165) is 30.5 Å². The summed E-state index contributed by atoms with van der Waals surface area (Å²) >= 11 is 0. The number of halogens is 2. The molecular formula is C20H28F2N6. The zero-order valence-electron chi connectivity index (χ0n) is 16.4. The number of aromatic nitrogens is 2. The molecule has 1 aromatic carbocycles. The van der Waals surface area contributed by atoms with E-state index in [2.05, 4.69) is 56.7 Å². The molecule has 1 aromatic heterocycles. The predicted octanol–water partition coefficient (Wildman–Crippen LogP) is 3.00. The van der Waals surface area contributed by atoms with Crippen molar-refractivity contribution < 1.29 is 8.78 Å². The molecular weight excluding hydrogens is 362 g/mol. The Morgan fingerprint density at radius 1 is 1.32 bits per heavy atom. The molecule has 1 fully saturated rings. The van der Waals surface area contributed by atoms with Crippen molar-refractivity contribution in [3.63, 3.8) is 0 Å². The van der Waals surface area contributed by atoms with E-state index in [0.29, 0.717) is 18.0 Å². The highest BCUT2D eigenvalue weighted by atomic mass is 19.3. The lowest BCUT2D eigenvalue weighted by molar-refractivity contribution is 0.0668. The van der Waals surface area contributed by atoms with Crippen LogP contribution in [0.2, 0.25) is 0 Å². The summed E-state index contributed by atoms with van der Waals surface area (Å²) < 4.78 is 26.7. The number of piperidine rings is 1. The normalized spacial score (nSPS) is 21.1. The zero-order valence-corrected chi connectivity index (χ0v) is 16.4. The van der Waals surface area contributed by atoms with Crippen molar-refractivity contribution >= 4 is 5.96 Å². The van der Waals surface area contributed by atoms with Crippen LogP contribution in [0.25, 0.3) is 0 Å². The summed E-state index contributed by atoms with van der Waals surface area (Å²) in [4.78, 5) is 10.7. The van der Waals surface area contributed by atoms with Crippen molar-refractivity contribution in [1.29, 1.82) is 0 Å². The highest BCUT2D eigenvalue weighted by molar-refractivity contribution is 5.79. The average Bonchev–Trinajstić information content (AvgIpc) is 3.17. The van der Waals surface area contributed by atoms with Crippen molar-refractivity contribution in [3.8, 4) is 0 Å². The third-order valence-electron chi connectivity index (χ3n) is 5.18. The molecule has 0 saturated carbocycles. The second-order valence-electron chi connectivity index (χ2n) is 7.12. The van der Waals surface area contributed by atoms with Crippen LogP contribution in [0, 0.1) is 0 Å². The van der Waals surface area contributed by atoms with Gasteiger partial charge < -0.3 is 10.6 Å². The molecule has 8 heteroatoms. The number of nitrogens with one attached hydrogen (secondary N) is 2. The fourth-order valence-corrected chi connectivity index (χ4v) is 3.61. The first-order valence-electron chi connectivity index (χ1n) is 9.62. The zero-order chi connectivity index (χ0) is 19.9. The maximum absolute atomic E-state index is 12.9. The topological polar surface area (TPSA) is 57.5 Å². The summed E-state index contributed by atoms with van der Waals surface area (Å²) in [6.07, 6.45) is 4.66. The van der Waals surface area contributed by atoms with Gasteiger partial charge in [0.1, 0.15) is 5.82 Å². The number of likely N-dealkylation sites (tertiary alicyclic amines) is 1. The van der Waals surface area contributed by atoms with Crippen molar-refractivity contribution in [2.45, 2.75) is 51.5 Å². The SMILES string of the molecule is CN=C(NCc1nccn1C(F)F)NC1CCN(Cc2ccccc2)C(C)C1. The third kappa shape index (κ3) is 5.28. The van der Waals surface area contributed by atoms with Crippen LogP contribution in [-0.2, 0) is 13.1 Å². The van der Waals surface area contributed by atoms with Crippen molar-refractivity contribution in [3.05, 3.63) is 54.1 Å². The molecule has 28 heavy (non-hydrogen) atoms. The largest absolute Gasteiger partial charge is 0.354 e. The van der Waals surface area contributed by atoms with Gasteiger partial charge in [-0.2, -0.15) is 8.78 Å². The van der Waals surface area contributed by atoms with E-state index in [9.17, 15) is 8.78 Å². The molecule has 1 aliphatic rings. The van der Waals surface area contributed by atoms with Crippen LogP contribution < -0.4 is 10.6 Å². The third-order valence-corrected chi connectivity index (χ3v) is 5.18. The Bertz CT molecular complexity index is 761. The Kier molecular flexibility index (Phi) is 6.97. The molecule has 2 heterocycles. The highest BCUT2D eigenvalue weighted by Crippen LogP contribution is 2.20. The lowest BCUT2D eigenvalue weighted by Gasteiger charge is -2.38. The van der Waals surface area contributed by atoms with Gasteiger partial charge >= 0.3 is 6.55 Å². The Morgan fingerprint density at radius 2 is 2.11 bits per heavy atom. The molecule has 3 rings (SSSR count). The minimum absolute atomic E-state index is 0.194. The second kappa shape index (κ2) is 9.64. The standard InChI is InChI=1S/C20H28F2N6/c1-15-12-17(8-10-27(15)14-16-6-4-3-5-7-16)26-20(23-2)25-13-18-24-9-11-28(18)19(21)22/h3-7,9,11,15,17,19H,8,10,12-14H2,1-2H3,(H2,23,25,26). The molecule has 0 radical (unpaired) electrons. The van der Waals surface area contributed by atoms with Gasteiger partial charge in [-0.1, -0.05) is 30.3 Å². The number of hydrogen-bond donors (Lipinski definition) is 2. The number of rotatable bonds is 6. The number of alkyl halides is 2. The van der Waals surface area contributed by atoms with E-state index in [1.165, 1.54) is 18.0 Å². The van der Waals surface area contributed by atoms with Crippen molar-refractivity contribution in [2.75, 3.05) is 13.6 Å². The maximum Gasteiger partial charge on any atom is 0.319 e. The average molecular weight is 390 g/mol. The number of guanidine groups is 1. The minimum Gasteiger partial charge on any atom is -0.354 e. The first kappa shape index (κ1) is 20.3. The Balaban J connectivity index is 1.48. The van der Waals surface area contributed by atoms with Gasteiger partial charge in [-0.25, -0.2) is 4.98 Å². The second-order valence-corrected chi connectivity index (χ2v) is 7.12. The van der Waals surface area contributed by atoms with Crippen LogP contribution in [0.3, 0.4) is 0 Å². The van der Waals surface area contributed by atoms with Gasteiger partial charge in [0.15, 0.2) is 5.96 Å². The summed E-state index contributed by atoms with van der Waals surface area (Å²) in [6.45, 7) is 1.80. The van der Waals surface area contributed by atoms with Crippen molar-refractivity contribution in [2.24, 2.45) is 4.99 Å². The van der Waals surface area contributed by atoms with Gasteiger partial charge in [-0.05, 0) is 25.3 Å². The van der Waals surface area contributed by atoms with Crippen LogP contribution in [-0.4, -0.2) is 46.1 Å². The summed E-state index contributed by atoms with van der Waals surface area (Å²) in [6, 6.07) is 11.2. The molecule has 1 saturated heterocycles. The lowest BCUT2D eigenvalue weighted by atomic mass is 9.97. The van der Waals surface area contributed by atoms with Gasteiger partial charge in [0, 0.05) is 44.6 Å². The molecule has 2 N–H and O–H groups in total. The van der Waals surface area contributed by atoms with Crippen molar-refractivity contribution in [1.82, 2.24) is 25.1 Å². The fourth-order valence-electron chi connectivity index (χ4n) is 3.61. The number of nitrogens with zero attached hydrogens (tertiary/aromatic N) is 4. The van der Waals surface area contributed by atoms with E-state index in [4.69, 9.17) is 0 Å². The molecule has 2 aromatic rings. The summed E-state index contributed by atoms with van der Waals surface area (Å²) in [5.41, 5.74) is 1.33. The first-order valence-corrected chi connectivity index (χ1v) is 9.62. The van der Waals surface area contributed by atoms with Crippen LogP contribution in [0.15, 0.2) is 47.7 Å². The highest BCUT2D eigenvalue weighted by Gasteiger charge is 2.26. The van der Waals surface area contributed by atoms with Gasteiger partial charge in [-0.15, -0.1) is 0 Å². The van der Waals surface area contributed by atoms with Gasteiger partial charge in [0.05, 0.1) is 6.54 Å². The van der Waals surface area contributed by atoms with Crippen LogP contribution >= 0.6 is 0 Å². The molecule has 2 unspecified atom stereocenters. The molecule has 0 bridgehead atoms. The number of imidazole rings is 1. The molecule has 2 atom stereocenters. The van der Waals surface area contributed by atoms with Gasteiger partial charge in [0.2, 0.25) is 0 Å². The fraction of sp³-hybridized carbons (Fsp3) is 0.500. The predicted molar refractivity (Wildman–Crippen MR) is 106 cm³/mol. The smallest absolute Gasteiger partial charge is 0.319 e. The Labute approximate surface area is 164 Å². The molecule has 0 amide bonds. The quantitative estimate of drug-likeness (QED) is 0.588. The molecule has 6 nitrogen and oxygen atoms in total. The van der Waals surface area contributed by atoms with Gasteiger partial charge in [0.25, 0.3) is 0 Å². The maximum atomic E-state index is 12.9. The van der Waals surface area contributed by atoms with E-state index in [1.54, 1.807) is 7.05 Å². The number of benzene rings is 1. The van der Waals surface area contributed by atoms with E-state index in [-0.39, 0.29) is 12.4 Å². The Morgan fingerprint density at radius 3 is 2.79 bits per heavy atom. The van der Waals surface area contributed by atoms with Gasteiger partial charge in [-0.3, -0.25) is 14.5 Å².